The molecule has 3 N–H and O–H groups in total. The maximum atomic E-state index is 6.23. The Balaban J connectivity index is 1.93. The van der Waals surface area contributed by atoms with E-state index in [2.05, 4.69) is 25.1 Å². The van der Waals surface area contributed by atoms with Gasteiger partial charge in [0.05, 0.1) is 24.0 Å². The summed E-state index contributed by atoms with van der Waals surface area (Å²) in [4.78, 5) is 13.0. The highest BCUT2D eigenvalue weighted by Gasteiger charge is 2.18. The van der Waals surface area contributed by atoms with Crippen LogP contribution < -0.4 is 15.2 Å². The zero-order valence-electron chi connectivity index (χ0n) is 15.1. The summed E-state index contributed by atoms with van der Waals surface area (Å²) in [6, 6.07) is 7.48. The molecule has 0 radical (unpaired) electrons. The van der Waals surface area contributed by atoms with Crippen molar-refractivity contribution in [3.05, 3.63) is 47.9 Å². The average Bonchev–Trinajstić information content (AvgIpc) is 3.20. The van der Waals surface area contributed by atoms with E-state index in [-0.39, 0.29) is 0 Å². The topological polar surface area (TPSA) is 112 Å². The molecule has 0 fully saturated rings. The molecule has 0 aliphatic heterocycles. The Hall–Kier alpha value is -3.68. The van der Waals surface area contributed by atoms with Crippen molar-refractivity contribution in [3.63, 3.8) is 0 Å². The summed E-state index contributed by atoms with van der Waals surface area (Å²) < 4.78 is 11.6. The number of anilines is 1. The predicted molar refractivity (Wildman–Crippen MR) is 102 cm³/mol. The Morgan fingerprint density at radius 3 is 2.70 bits per heavy atom. The van der Waals surface area contributed by atoms with E-state index in [9.17, 15) is 0 Å². The van der Waals surface area contributed by atoms with E-state index < -0.39 is 0 Å². The Morgan fingerprint density at radius 1 is 1.11 bits per heavy atom. The Kier molecular flexibility index (Phi) is 4.08. The maximum absolute atomic E-state index is 6.23. The normalized spacial score (nSPS) is 10.9. The number of fused-ring (bicyclic) bond motifs is 1. The molecule has 0 saturated heterocycles. The molecule has 0 amide bonds. The number of hydrogen-bond acceptors (Lipinski definition) is 7. The van der Waals surface area contributed by atoms with Gasteiger partial charge in [-0.15, -0.1) is 0 Å². The molecule has 0 bridgehead atoms. The van der Waals surface area contributed by atoms with Crippen molar-refractivity contribution >= 4 is 16.7 Å². The van der Waals surface area contributed by atoms with Crippen LogP contribution in [-0.4, -0.2) is 32.3 Å². The largest absolute Gasteiger partial charge is 0.496 e. The van der Waals surface area contributed by atoms with E-state index in [4.69, 9.17) is 15.2 Å². The van der Waals surface area contributed by atoms with Gasteiger partial charge in [0.1, 0.15) is 29.0 Å². The summed E-state index contributed by atoms with van der Waals surface area (Å²) >= 11 is 0. The van der Waals surface area contributed by atoms with Crippen molar-refractivity contribution in [1.29, 1.82) is 0 Å². The molecule has 27 heavy (non-hydrogen) atoms. The van der Waals surface area contributed by atoms with Crippen molar-refractivity contribution in [1.82, 2.24) is 25.1 Å². The van der Waals surface area contributed by atoms with E-state index in [1.54, 1.807) is 13.3 Å². The highest BCUT2D eigenvalue weighted by atomic mass is 16.5. The second-order valence-electron chi connectivity index (χ2n) is 6.08. The zero-order chi connectivity index (χ0) is 19.0. The predicted octanol–water partition coefficient (Wildman–Crippen LogP) is 3.41. The summed E-state index contributed by atoms with van der Waals surface area (Å²) in [5, 5.41) is 7.44. The number of rotatable bonds is 4. The molecule has 0 spiro atoms. The van der Waals surface area contributed by atoms with Crippen LogP contribution in [0.25, 0.3) is 22.3 Å². The molecule has 0 atom stereocenters. The highest BCUT2D eigenvalue weighted by molar-refractivity contribution is 5.94. The van der Waals surface area contributed by atoms with Gasteiger partial charge in [-0.05, 0) is 37.6 Å². The van der Waals surface area contributed by atoms with E-state index in [1.807, 2.05) is 38.1 Å². The number of aromatic nitrogens is 5. The maximum Gasteiger partial charge on any atom is 0.233 e. The van der Waals surface area contributed by atoms with Gasteiger partial charge in [0.25, 0.3) is 0 Å². The fourth-order valence-electron chi connectivity index (χ4n) is 2.96. The van der Waals surface area contributed by atoms with Crippen LogP contribution in [0.2, 0.25) is 0 Å². The van der Waals surface area contributed by atoms with E-state index >= 15 is 0 Å². The Morgan fingerprint density at radius 2 is 1.96 bits per heavy atom. The zero-order valence-corrected chi connectivity index (χ0v) is 15.1. The smallest absolute Gasteiger partial charge is 0.233 e. The minimum atomic E-state index is 0.303. The monoisotopic (exact) mass is 362 g/mol. The van der Waals surface area contributed by atoms with Gasteiger partial charge >= 0.3 is 0 Å². The number of nitrogen functional groups attached to an aromatic ring is 1. The third-order valence-corrected chi connectivity index (χ3v) is 4.36. The number of aryl methyl sites for hydroxylation is 1. The molecule has 3 aromatic heterocycles. The van der Waals surface area contributed by atoms with Crippen LogP contribution >= 0.6 is 0 Å². The number of pyridine rings is 1. The van der Waals surface area contributed by atoms with Gasteiger partial charge in [0.2, 0.25) is 5.88 Å². The van der Waals surface area contributed by atoms with Crippen LogP contribution in [0.4, 0.5) is 5.82 Å². The molecule has 3 heterocycles. The molecule has 0 aliphatic rings. The van der Waals surface area contributed by atoms with E-state index in [1.165, 1.54) is 6.33 Å². The van der Waals surface area contributed by atoms with Gasteiger partial charge in [0, 0.05) is 11.8 Å². The Bertz CT molecular complexity index is 1120. The van der Waals surface area contributed by atoms with Crippen LogP contribution in [0.15, 0.2) is 36.8 Å². The van der Waals surface area contributed by atoms with Crippen LogP contribution in [0.1, 0.15) is 11.1 Å². The molecular formula is C19H18N6O2. The molecule has 1 aromatic carbocycles. The van der Waals surface area contributed by atoms with Crippen molar-refractivity contribution in [3.8, 4) is 28.8 Å². The number of nitrogens with zero attached hydrogens (tertiary/aromatic N) is 4. The lowest BCUT2D eigenvalue weighted by molar-refractivity contribution is 0.402. The number of methoxy groups -OCH3 is 1. The molecule has 0 saturated carbocycles. The quantitative estimate of drug-likeness (QED) is 0.572. The summed E-state index contributed by atoms with van der Waals surface area (Å²) in [6.45, 7) is 3.89. The molecule has 136 valence electrons. The van der Waals surface area contributed by atoms with Gasteiger partial charge < -0.3 is 15.2 Å². The van der Waals surface area contributed by atoms with Crippen LogP contribution in [0.5, 0.6) is 17.4 Å². The Labute approximate surface area is 155 Å². The first kappa shape index (κ1) is 16.8. The lowest BCUT2D eigenvalue weighted by atomic mass is 10.1. The second-order valence-corrected chi connectivity index (χ2v) is 6.08. The summed E-state index contributed by atoms with van der Waals surface area (Å²) in [7, 11) is 1.62. The molecule has 0 aliphatic carbocycles. The number of ether oxygens (including phenoxy) is 2. The van der Waals surface area contributed by atoms with Crippen molar-refractivity contribution in [2.24, 2.45) is 0 Å². The van der Waals surface area contributed by atoms with Crippen LogP contribution in [0.3, 0.4) is 0 Å². The lowest BCUT2D eigenvalue weighted by Gasteiger charge is -2.16. The van der Waals surface area contributed by atoms with Crippen LogP contribution in [0, 0.1) is 13.8 Å². The van der Waals surface area contributed by atoms with E-state index in [0.29, 0.717) is 34.0 Å². The molecule has 8 nitrogen and oxygen atoms in total. The third-order valence-electron chi connectivity index (χ3n) is 4.36. The fraction of sp³-hybridized carbons (Fsp3) is 0.158. The van der Waals surface area contributed by atoms with Crippen molar-refractivity contribution in [2.45, 2.75) is 13.8 Å². The number of hydrogen-bond donors (Lipinski definition) is 2. The second kappa shape index (κ2) is 6.56. The number of H-pyrrole nitrogens is 1. The van der Waals surface area contributed by atoms with Crippen molar-refractivity contribution in [2.75, 3.05) is 12.8 Å². The van der Waals surface area contributed by atoms with Crippen molar-refractivity contribution < 1.29 is 9.47 Å². The van der Waals surface area contributed by atoms with Gasteiger partial charge in [-0.25, -0.2) is 15.0 Å². The first-order chi connectivity index (χ1) is 13.1. The third kappa shape index (κ3) is 2.91. The minimum absolute atomic E-state index is 0.303. The van der Waals surface area contributed by atoms with E-state index in [0.717, 1.165) is 22.6 Å². The molecule has 8 heteroatoms. The van der Waals surface area contributed by atoms with Gasteiger partial charge in [-0.3, -0.25) is 5.10 Å². The standard InChI is InChI=1S/C19H18N6O2/c1-10-4-5-15(26-3)11(2)17(10)27-19-16-14(21-9-22-18(16)20)8-13(24-19)12-6-7-23-25-12/h4-9H,1-3H3,(H,23,25)(H2,20,21,22). The van der Waals surface area contributed by atoms with Gasteiger partial charge in [0.15, 0.2) is 0 Å². The van der Waals surface area contributed by atoms with Gasteiger partial charge in [-0.1, -0.05) is 6.07 Å². The summed E-state index contributed by atoms with van der Waals surface area (Å²) in [5.74, 6) is 2.02. The SMILES string of the molecule is COc1ccc(C)c(Oc2nc(-c3ccn[nH]3)cc3ncnc(N)c23)c1C. The molecule has 4 aromatic rings. The minimum Gasteiger partial charge on any atom is -0.496 e. The molecule has 4 rings (SSSR count). The summed E-state index contributed by atoms with van der Waals surface area (Å²) in [5.41, 5.74) is 9.94. The molecular weight excluding hydrogens is 344 g/mol. The van der Waals surface area contributed by atoms with Gasteiger partial charge in [-0.2, -0.15) is 5.10 Å². The molecule has 0 unspecified atom stereocenters. The summed E-state index contributed by atoms with van der Waals surface area (Å²) in [6.07, 6.45) is 3.08. The number of aromatic amines is 1. The highest BCUT2D eigenvalue weighted by Crippen LogP contribution is 2.38. The first-order valence-corrected chi connectivity index (χ1v) is 8.31. The van der Waals surface area contributed by atoms with Crippen LogP contribution in [-0.2, 0) is 0 Å². The number of nitrogens with one attached hydrogen (secondary N) is 1. The number of nitrogens with two attached hydrogens (primary N) is 1. The fourth-order valence-corrected chi connectivity index (χ4v) is 2.96. The lowest BCUT2D eigenvalue weighted by Crippen LogP contribution is -2.01. The number of benzene rings is 1. The average molecular weight is 362 g/mol. The first-order valence-electron chi connectivity index (χ1n) is 8.31.